The van der Waals surface area contributed by atoms with Crippen LogP contribution in [0.15, 0.2) is 60.0 Å². The molecule has 2 aliphatic rings. The minimum absolute atomic E-state index is 0.0833. The summed E-state index contributed by atoms with van der Waals surface area (Å²) < 4.78 is 6.54. The molecule has 0 unspecified atom stereocenters. The zero-order valence-corrected chi connectivity index (χ0v) is 22.3. The number of carbonyl (C=O) groups is 1. The van der Waals surface area contributed by atoms with Gasteiger partial charge < -0.3 is 14.5 Å². The highest BCUT2D eigenvalue weighted by molar-refractivity contribution is 7.12. The van der Waals surface area contributed by atoms with Gasteiger partial charge in [-0.1, -0.05) is 24.3 Å². The number of aryl methyl sites for hydroxylation is 1. The number of nitriles is 1. The van der Waals surface area contributed by atoms with Gasteiger partial charge in [-0.3, -0.25) is 9.69 Å². The Kier molecular flexibility index (Phi) is 8.20. The summed E-state index contributed by atoms with van der Waals surface area (Å²) in [7, 11) is 0. The minimum Gasteiger partial charge on any atom is -0.372 e. The first-order valence-corrected chi connectivity index (χ1v) is 14.0. The summed E-state index contributed by atoms with van der Waals surface area (Å²) in [4.78, 5) is 20.7. The summed E-state index contributed by atoms with van der Waals surface area (Å²) in [5.74, 6) is 0.152. The molecular weight excluding hydrogens is 480 g/mol. The van der Waals surface area contributed by atoms with Crippen molar-refractivity contribution in [1.29, 1.82) is 5.26 Å². The average molecular weight is 515 g/mol. The van der Waals surface area contributed by atoms with E-state index in [0.717, 1.165) is 61.8 Å². The van der Waals surface area contributed by atoms with Gasteiger partial charge >= 0.3 is 0 Å². The van der Waals surface area contributed by atoms with Crippen LogP contribution in [0.5, 0.6) is 0 Å². The van der Waals surface area contributed by atoms with Crippen molar-refractivity contribution in [1.82, 2.24) is 9.80 Å². The van der Waals surface area contributed by atoms with Crippen LogP contribution < -0.4 is 4.90 Å². The maximum Gasteiger partial charge on any atom is 0.264 e. The highest BCUT2D eigenvalue weighted by Crippen LogP contribution is 2.28. The first kappa shape index (κ1) is 25.5. The fraction of sp³-hybridized carbons (Fsp3) is 0.400. The lowest BCUT2D eigenvalue weighted by atomic mass is 10.1. The number of hydrogen-bond acceptors (Lipinski definition) is 6. The summed E-state index contributed by atoms with van der Waals surface area (Å²) in [5, 5.41) is 11.1. The molecule has 2 saturated heterocycles. The van der Waals surface area contributed by atoms with Gasteiger partial charge in [-0.2, -0.15) is 5.26 Å². The average Bonchev–Trinajstić information content (AvgIpc) is 3.64. The van der Waals surface area contributed by atoms with Gasteiger partial charge in [-0.25, -0.2) is 0 Å². The van der Waals surface area contributed by atoms with E-state index in [9.17, 15) is 4.79 Å². The molecule has 1 amide bonds. The lowest BCUT2D eigenvalue weighted by molar-refractivity contribution is 0.00349. The SMILES string of the molecule is Cc1ccsc1C(=O)N1CCN(C[C@@H](OCc2ccc(C#N)cc2)c2cccc(N3CCCC3)c2)CC1. The van der Waals surface area contributed by atoms with Gasteiger partial charge in [0.15, 0.2) is 0 Å². The number of nitrogens with zero attached hydrogens (tertiary/aromatic N) is 4. The monoisotopic (exact) mass is 514 g/mol. The summed E-state index contributed by atoms with van der Waals surface area (Å²) in [6.45, 7) is 8.61. The van der Waals surface area contributed by atoms with Crippen molar-refractivity contribution in [2.75, 3.05) is 50.7 Å². The first-order chi connectivity index (χ1) is 18.1. The maximum atomic E-state index is 13.0. The van der Waals surface area contributed by atoms with E-state index in [4.69, 9.17) is 10.00 Å². The third kappa shape index (κ3) is 6.22. The predicted octanol–water partition coefficient (Wildman–Crippen LogP) is 5.24. The van der Waals surface area contributed by atoms with Gasteiger partial charge in [0.1, 0.15) is 0 Å². The van der Waals surface area contributed by atoms with Gasteiger partial charge in [0.25, 0.3) is 5.91 Å². The van der Waals surface area contributed by atoms with E-state index in [1.54, 1.807) is 0 Å². The number of amides is 1. The maximum absolute atomic E-state index is 13.0. The standard InChI is InChI=1S/C30H34N4O2S/c1-23-11-18-37-29(23)30(35)34-16-14-32(15-17-34)21-28(36-22-25-9-7-24(20-31)8-10-25)26-5-4-6-27(19-26)33-12-2-3-13-33/h4-11,18-19,28H,2-3,12-17,21-22H2,1H3/t28-/m1/s1. The zero-order chi connectivity index (χ0) is 25.6. The lowest BCUT2D eigenvalue weighted by Gasteiger charge is -2.36. The number of piperazine rings is 1. The number of rotatable bonds is 8. The van der Waals surface area contributed by atoms with E-state index in [2.05, 4.69) is 40.1 Å². The molecule has 37 heavy (non-hydrogen) atoms. The minimum atomic E-state index is -0.0833. The Morgan fingerprint density at radius 3 is 2.46 bits per heavy atom. The second kappa shape index (κ2) is 11.9. The van der Waals surface area contributed by atoms with Gasteiger partial charge in [0, 0.05) is 51.5 Å². The molecule has 5 rings (SSSR count). The molecule has 1 aromatic heterocycles. The normalized spacial score (nSPS) is 17.1. The summed E-state index contributed by atoms with van der Waals surface area (Å²) in [6.07, 6.45) is 2.41. The van der Waals surface area contributed by atoms with Crippen molar-refractivity contribution in [3.8, 4) is 6.07 Å². The number of thiophene rings is 1. The Hall–Kier alpha value is -3.18. The molecular formula is C30H34N4O2S. The van der Waals surface area contributed by atoms with Crippen molar-refractivity contribution < 1.29 is 9.53 Å². The molecule has 7 heteroatoms. The van der Waals surface area contributed by atoms with Crippen LogP contribution in [-0.4, -0.2) is 61.5 Å². The molecule has 0 aliphatic carbocycles. The van der Waals surface area contributed by atoms with E-state index in [-0.39, 0.29) is 12.0 Å². The van der Waals surface area contributed by atoms with Crippen LogP contribution in [0.2, 0.25) is 0 Å². The number of carbonyl (C=O) groups excluding carboxylic acids is 1. The van der Waals surface area contributed by atoms with Crippen LogP contribution >= 0.6 is 11.3 Å². The molecule has 0 radical (unpaired) electrons. The predicted molar refractivity (Wildman–Crippen MR) is 148 cm³/mol. The van der Waals surface area contributed by atoms with E-state index < -0.39 is 0 Å². The fourth-order valence-electron chi connectivity index (χ4n) is 5.13. The van der Waals surface area contributed by atoms with E-state index >= 15 is 0 Å². The van der Waals surface area contributed by atoms with Gasteiger partial charge in [-0.05, 0) is 72.2 Å². The lowest BCUT2D eigenvalue weighted by Crippen LogP contribution is -2.49. The van der Waals surface area contributed by atoms with E-state index in [1.807, 2.05) is 47.5 Å². The Bertz CT molecular complexity index is 1230. The van der Waals surface area contributed by atoms with Crippen LogP contribution in [0.3, 0.4) is 0 Å². The molecule has 0 bridgehead atoms. The molecule has 192 valence electrons. The van der Waals surface area contributed by atoms with Crippen LogP contribution in [0.1, 0.15) is 50.9 Å². The molecule has 2 fully saturated rings. The summed E-state index contributed by atoms with van der Waals surface area (Å²) in [5.41, 5.74) is 5.23. The van der Waals surface area contributed by atoms with Crippen molar-refractivity contribution in [2.45, 2.75) is 32.5 Å². The topological polar surface area (TPSA) is 59.8 Å². The molecule has 0 N–H and O–H groups in total. The van der Waals surface area contributed by atoms with Crippen LogP contribution in [0.25, 0.3) is 0 Å². The fourth-order valence-corrected chi connectivity index (χ4v) is 6.02. The molecule has 2 aromatic carbocycles. The van der Waals surface area contributed by atoms with Crippen molar-refractivity contribution >= 4 is 22.9 Å². The number of anilines is 1. The van der Waals surface area contributed by atoms with Crippen LogP contribution in [0, 0.1) is 18.3 Å². The van der Waals surface area contributed by atoms with Crippen LogP contribution in [-0.2, 0) is 11.3 Å². The smallest absolute Gasteiger partial charge is 0.264 e. The molecule has 3 aromatic rings. The Balaban J connectivity index is 1.27. The molecule has 6 nitrogen and oxygen atoms in total. The van der Waals surface area contributed by atoms with Crippen molar-refractivity contribution in [3.63, 3.8) is 0 Å². The van der Waals surface area contributed by atoms with Crippen molar-refractivity contribution in [3.05, 3.63) is 87.1 Å². The molecule has 0 saturated carbocycles. The third-order valence-corrected chi connectivity index (χ3v) is 8.39. The quantitative estimate of drug-likeness (QED) is 0.411. The zero-order valence-electron chi connectivity index (χ0n) is 21.4. The second-order valence-electron chi connectivity index (χ2n) is 9.92. The second-order valence-corrected chi connectivity index (χ2v) is 10.8. The van der Waals surface area contributed by atoms with Gasteiger partial charge in [0.05, 0.1) is 29.2 Å². The van der Waals surface area contributed by atoms with Crippen molar-refractivity contribution in [2.24, 2.45) is 0 Å². The summed E-state index contributed by atoms with van der Waals surface area (Å²) >= 11 is 1.53. The number of hydrogen-bond donors (Lipinski definition) is 0. The van der Waals surface area contributed by atoms with E-state index in [0.29, 0.717) is 12.2 Å². The number of ether oxygens (including phenoxy) is 1. The molecule has 1 atom stereocenters. The first-order valence-electron chi connectivity index (χ1n) is 13.1. The highest BCUT2D eigenvalue weighted by atomic mass is 32.1. The van der Waals surface area contributed by atoms with Crippen LogP contribution in [0.4, 0.5) is 5.69 Å². The molecule has 0 spiro atoms. The largest absolute Gasteiger partial charge is 0.372 e. The highest BCUT2D eigenvalue weighted by Gasteiger charge is 2.26. The molecule has 3 heterocycles. The third-order valence-electron chi connectivity index (χ3n) is 7.39. The summed E-state index contributed by atoms with van der Waals surface area (Å²) in [6, 6.07) is 20.6. The Labute approximate surface area is 223 Å². The molecule has 2 aliphatic heterocycles. The van der Waals surface area contributed by atoms with Gasteiger partial charge in [0.2, 0.25) is 0 Å². The Morgan fingerprint density at radius 1 is 1.03 bits per heavy atom. The number of benzene rings is 2. The van der Waals surface area contributed by atoms with E-state index in [1.165, 1.54) is 35.4 Å². The Morgan fingerprint density at radius 2 is 1.78 bits per heavy atom. The van der Waals surface area contributed by atoms with Gasteiger partial charge in [-0.15, -0.1) is 11.3 Å².